The summed E-state index contributed by atoms with van der Waals surface area (Å²) in [4.78, 5) is 7.95. The van der Waals surface area contributed by atoms with E-state index in [-0.39, 0.29) is 22.5 Å². The largest absolute Gasteiger partial charge is 0.382 e. The number of sulfone groups is 1. The van der Waals surface area contributed by atoms with E-state index in [0.29, 0.717) is 6.54 Å². The van der Waals surface area contributed by atoms with Crippen LogP contribution in [-0.4, -0.2) is 41.0 Å². The number of rotatable bonds is 4. The van der Waals surface area contributed by atoms with Crippen molar-refractivity contribution in [2.45, 2.75) is 11.8 Å². The van der Waals surface area contributed by atoms with Gasteiger partial charge in [0.1, 0.15) is 0 Å². The zero-order chi connectivity index (χ0) is 14.0. The van der Waals surface area contributed by atoms with Gasteiger partial charge in [-0.1, -0.05) is 0 Å². The minimum Gasteiger partial charge on any atom is -0.382 e. The van der Waals surface area contributed by atoms with E-state index >= 15 is 0 Å². The van der Waals surface area contributed by atoms with E-state index in [1.54, 1.807) is 6.07 Å². The molecule has 0 bridgehead atoms. The standard InChI is InChI=1S/C10H14N6O2S/c1-3-12-9-7(19(2,17)18)8(11)16(15-9)10-13-5-4-6-14-10/h4-6H,3,11H2,1-2H3,(H,12,15). The van der Waals surface area contributed by atoms with E-state index in [2.05, 4.69) is 20.4 Å². The first-order valence-electron chi connectivity index (χ1n) is 5.55. The molecule has 2 heterocycles. The van der Waals surface area contributed by atoms with Crippen molar-refractivity contribution in [2.24, 2.45) is 0 Å². The zero-order valence-electron chi connectivity index (χ0n) is 10.5. The first-order chi connectivity index (χ1) is 8.95. The molecule has 2 rings (SSSR count). The Labute approximate surface area is 110 Å². The van der Waals surface area contributed by atoms with Gasteiger partial charge in [0.05, 0.1) is 0 Å². The maximum absolute atomic E-state index is 11.8. The highest BCUT2D eigenvalue weighted by Crippen LogP contribution is 2.28. The topological polar surface area (TPSA) is 116 Å². The molecule has 0 aliphatic carbocycles. The molecule has 0 amide bonds. The summed E-state index contributed by atoms with van der Waals surface area (Å²) in [6, 6.07) is 1.64. The SMILES string of the molecule is CCNc1nn(-c2ncccn2)c(N)c1S(C)(=O)=O. The highest BCUT2D eigenvalue weighted by atomic mass is 32.2. The molecule has 0 saturated carbocycles. The molecule has 0 aliphatic heterocycles. The second kappa shape index (κ2) is 4.84. The first kappa shape index (κ1) is 13.3. The van der Waals surface area contributed by atoms with Crippen LogP contribution in [0.1, 0.15) is 6.92 Å². The summed E-state index contributed by atoms with van der Waals surface area (Å²) >= 11 is 0. The number of anilines is 2. The molecule has 8 nitrogen and oxygen atoms in total. The van der Waals surface area contributed by atoms with Crippen LogP contribution in [0.2, 0.25) is 0 Å². The number of nitrogens with two attached hydrogens (primary N) is 1. The molecule has 0 aromatic carbocycles. The third-order valence-electron chi connectivity index (χ3n) is 2.33. The van der Waals surface area contributed by atoms with Gasteiger partial charge in [-0.15, -0.1) is 5.10 Å². The van der Waals surface area contributed by atoms with Crippen LogP contribution in [0.3, 0.4) is 0 Å². The van der Waals surface area contributed by atoms with Crippen molar-refractivity contribution in [2.75, 3.05) is 23.9 Å². The predicted molar refractivity (Wildman–Crippen MR) is 70.8 cm³/mol. The molecule has 3 N–H and O–H groups in total. The van der Waals surface area contributed by atoms with Crippen LogP contribution in [0.5, 0.6) is 0 Å². The third kappa shape index (κ3) is 2.50. The number of nitrogen functional groups attached to an aromatic ring is 1. The summed E-state index contributed by atoms with van der Waals surface area (Å²) in [6.45, 7) is 2.36. The van der Waals surface area contributed by atoms with Crippen molar-refractivity contribution in [1.82, 2.24) is 19.7 Å². The Kier molecular flexibility index (Phi) is 3.38. The van der Waals surface area contributed by atoms with Crippen molar-refractivity contribution in [3.63, 3.8) is 0 Å². The summed E-state index contributed by atoms with van der Waals surface area (Å²) in [5.74, 6) is 0.411. The Hall–Kier alpha value is -2.16. The van der Waals surface area contributed by atoms with Crippen LogP contribution in [0.25, 0.3) is 5.95 Å². The summed E-state index contributed by atoms with van der Waals surface area (Å²) in [5, 5.41) is 6.98. The van der Waals surface area contributed by atoms with Crippen molar-refractivity contribution in [3.05, 3.63) is 18.5 Å². The second-order valence-corrected chi connectivity index (χ2v) is 5.78. The molecule has 2 aromatic heterocycles. The predicted octanol–water partition coefficient (Wildman–Crippen LogP) is 0.0798. The van der Waals surface area contributed by atoms with Gasteiger partial charge in [-0.05, 0) is 13.0 Å². The van der Waals surface area contributed by atoms with Crippen LogP contribution >= 0.6 is 0 Å². The Morgan fingerprint density at radius 1 is 1.37 bits per heavy atom. The molecule has 0 radical (unpaired) electrons. The summed E-state index contributed by atoms with van der Waals surface area (Å²) in [5.41, 5.74) is 5.85. The summed E-state index contributed by atoms with van der Waals surface area (Å²) in [7, 11) is -3.50. The molecular weight excluding hydrogens is 268 g/mol. The molecule has 0 unspecified atom stereocenters. The lowest BCUT2D eigenvalue weighted by Gasteiger charge is -2.01. The minimum absolute atomic E-state index is 0.00958. The molecule has 19 heavy (non-hydrogen) atoms. The Morgan fingerprint density at radius 3 is 2.53 bits per heavy atom. The van der Waals surface area contributed by atoms with Crippen LogP contribution in [0.4, 0.5) is 11.6 Å². The van der Waals surface area contributed by atoms with Gasteiger partial charge in [-0.2, -0.15) is 4.68 Å². The number of hydrogen-bond donors (Lipinski definition) is 2. The highest BCUT2D eigenvalue weighted by Gasteiger charge is 2.25. The third-order valence-corrected chi connectivity index (χ3v) is 3.48. The van der Waals surface area contributed by atoms with Crippen LogP contribution in [0.15, 0.2) is 23.4 Å². The lowest BCUT2D eigenvalue weighted by molar-refractivity contribution is 0.602. The van der Waals surface area contributed by atoms with Crippen LogP contribution in [0, 0.1) is 0 Å². The monoisotopic (exact) mass is 282 g/mol. The second-order valence-electron chi connectivity index (χ2n) is 3.83. The minimum atomic E-state index is -3.50. The van der Waals surface area contributed by atoms with E-state index < -0.39 is 9.84 Å². The molecule has 2 aromatic rings. The summed E-state index contributed by atoms with van der Waals surface area (Å²) in [6.07, 6.45) is 4.13. The number of hydrogen-bond acceptors (Lipinski definition) is 7. The maximum Gasteiger partial charge on any atom is 0.252 e. The van der Waals surface area contributed by atoms with E-state index in [0.717, 1.165) is 6.26 Å². The Morgan fingerprint density at radius 2 is 2.00 bits per heavy atom. The normalized spacial score (nSPS) is 11.5. The molecule has 0 atom stereocenters. The van der Waals surface area contributed by atoms with Gasteiger partial charge in [0.25, 0.3) is 5.95 Å². The molecule has 0 saturated heterocycles. The van der Waals surface area contributed by atoms with Crippen molar-refractivity contribution < 1.29 is 8.42 Å². The van der Waals surface area contributed by atoms with Crippen molar-refractivity contribution in [3.8, 4) is 5.95 Å². The first-order valence-corrected chi connectivity index (χ1v) is 7.44. The Balaban J connectivity index is 2.66. The van der Waals surface area contributed by atoms with Crippen LogP contribution in [-0.2, 0) is 9.84 Å². The summed E-state index contributed by atoms with van der Waals surface area (Å²) < 4.78 is 24.8. The van der Waals surface area contributed by atoms with Crippen LogP contribution < -0.4 is 11.1 Å². The van der Waals surface area contributed by atoms with Gasteiger partial charge in [0.15, 0.2) is 26.4 Å². The molecule has 102 valence electrons. The quantitative estimate of drug-likeness (QED) is 0.815. The fraction of sp³-hybridized carbons (Fsp3) is 0.300. The van der Waals surface area contributed by atoms with Gasteiger partial charge in [-0.25, -0.2) is 18.4 Å². The molecule has 0 spiro atoms. The van der Waals surface area contributed by atoms with Gasteiger partial charge in [0.2, 0.25) is 0 Å². The zero-order valence-corrected chi connectivity index (χ0v) is 11.3. The molecule has 0 fully saturated rings. The van der Waals surface area contributed by atoms with Gasteiger partial charge >= 0.3 is 0 Å². The van der Waals surface area contributed by atoms with Crippen molar-refractivity contribution in [1.29, 1.82) is 0 Å². The average Bonchev–Trinajstić information content (AvgIpc) is 2.67. The van der Waals surface area contributed by atoms with E-state index in [9.17, 15) is 8.42 Å². The van der Waals surface area contributed by atoms with E-state index in [1.807, 2.05) is 6.92 Å². The fourth-order valence-corrected chi connectivity index (χ4v) is 2.55. The van der Waals surface area contributed by atoms with Gasteiger partial charge < -0.3 is 11.1 Å². The van der Waals surface area contributed by atoms with Gasteiger partial charge in [-0.3, -0.25) is 0 Å². The molecular formula is C10H14N6O2S. The lowest BCUT2D eigenvalue weighted by atomic mass is 10.5. The van der Waals surface area contributed by atoms with Crippen molar-refractivity contribution >= 4 is 21.5 Å². The lowest BCUT2D eigenvalue weighted by Crippen LogP contribution is -2.08. The van der Waals surface area contributed by atoms with Gasteiger partial charge in [0, 0.05) is 25.2 Å². The smallest absolute Gasteiger partial charge is 0.252 e. The van der Waals surface area contributed by atoms with E-state index in [4.69, 9.17) is 5.73 Å². The number of nitrogens with zero attached hydrogens (tertiary/aromatic N) is 4. The average molecular weight is 282 g/mol. The molecule has 9 heteroatoms. The number of nitrogens with one attached hydrogen (secondary N) is 1. The maximum atomic E-state index is 11.8. The fourth-order valence-electron chi connectivity index (χ4n) is 1.62. The van der Waals surface area contributed by atoms with E-state index in [1.165, 1.54) is 17.1 Å². The molecule has 0 aliphatic rings. The highest BCUT2D eigenvalue weighted by molar-refractivity contribution is 7.91. The number of aromatic nitrogens is 4. The Bertz CT molecular complexity index is 680.